The first-order chi connectivity index (χ1) is 14.1. The van der Waals surface area contributed by atoms with Gasteiger partial charge in [0.25, 0.3) is 5.91 Å². The van der Waals surface area contributed by atoms with Gasteiger partial charge in [-0.25, -0.2) is 0 Å². The standard InChI is InChI=1S/C23H27F3N2O2/c1-21(30,23(24,25)26)16-4-2-15(3-5-16)20(29)28(18-8-9-18)19-10-12-22(14-27,13-11-19)17-6-7-17/h2-5,17-19,30H,6-13H2,1H3/t19-,21-,22-/m0/s1. The van der Waals surface area contributed by atoms with Gasteiger partial charge >= 0.3 is 6.18 Å². The van der Waals surface area contributed by atoms with Crippen LogP contribution in [0.4, 0.5) is 13.2 Å². The molecule has 3 aliphatic rings. The number of hydrogen-bond donors (Lipinski definition) is 1. The first kappa shape index (κ1) is 21.2. The number of carbonyl (C=O) groups is 1. The third-order valence-electron chi connectivity index (χ3n) is 7.24. The maximum absolute atomic E-state index is 13.2. The highest BCUT2D eigenvalue weighted by Crippen LogP contribution is 2.54. The lowest BCUT2D eigenvalue weighted by Crippen LogP contribution is -2.46. The molecule has 1 amide bonds. The Labute approximate surface area is 174 Å². The number of halogens is 3. The van der Waals surface area contributed by atoms with Crippen LogP contribution < -0.4 is 0 Å². The molecule has 0 heterocycles. The predicted molar refractivity (Wildman–Crippen MR) is 104 cm³/mol. The number of nitrogens with zero attached hydrogens (tertiary/aromatic N) is 2. The molecule has 3 aliphatic carbocycles. The van der Waals surface area contributed by atoms with Crippen molar-refractivity contribution in [1.29, 1.82) is 5.26 Å². The zero-order valence-corrected chi connectivity index (χ0v) is 17.1. The van der Waals surface area contributed by atoms with Crippen molar-refractivity contribution in [3.05, 3.63) is 35.4 Å². The molecular formula is C23H27F3N2O2. The second kappa shape index (κ2) is 7.26. The molecule has 1 aromatic rings. The average Bonchev–Trinajstić information content (AvgIpc) is 3.61. The lowest BCUT2D eigenvalue weighted by molar-refractivity contribution is -0.258. The summed E-state index contributed by atoms with van der Waals surface area (Å²) in [6.07, 6.45) is 2.54. The van der Waals surface area contributed by atoms with Crippen molar-refractivity contribution in [1.82, 2.24) is 4.90 Å². The number of aliphatic hydroxyl groups is 1. The van der Waals surface area contributed by atoms with E-state index in [4.69, 9.17) is 0 Å². The second-order valence-corrected chi connectivity index (χ2v) is 9.36. The van der Waals surface area contributed by atoms with Crippen LogP contribution in [0.25, 0.3) is 0 Å². The van der Waals surface area contributed by atoms with Crippen LogP contribution in [0, 0.1) is 22.7 Å². The normalized spacial score (nSPS) is 29.0. The van der Waals surface area contributed by atoms with Crippen molar-refractivity contribution in [3.8, 4) is 6.07 Å². The molecule has 1 aromatic carbocycles. The lowest BCUT2D eigenvalue weighted by Gasteiger charge is -2.41. The fourth-order valence-electron chi connectivity index (χ4n) is 4.88. The molecule has 3 fully saturated rings. The zero-order chi connectivity index (χ0) is 21.7. The largest absolute Gasteiger partial charge is 0.421 e. The molecule has 4 rings (SSSR count). The molecule has 1 N–H and O–H groups in total. The van der Waals surface area contributed by atoms with E-state index in [2.05, 4.69) is 6.07 Å². The molecule has 7 heteroatoms. The van der Waals surface area contributed by atoms with Crippen LogP contribution in [0.15, 0.2) is 24.3 Å². The summed E-state index contributed by atoms with van der Waals surface area (Å²) in [4.78, 5) is 15.1. The van der Waals surface area contributed by atoms with Gasteiger partial charge in [-0.2, -0.15) is 18.4 Å². The van der Waals surface area contributed by atoms with Gasteiger partial charge in [-0.15, -0.1) is 0 Å². The van der Waals surface area contributed by atoms with Crippen molar-refractivity contribution in [2.24, 2.45) is 11.3 Å². The Morgan fingerprint density at radius 2 is 1.60 bits per heavy atom. The van der Waals surface area contributed by atoms with E-state index in [9.17, 15) is 28.3 Å². The van der Waals surface area contributed by atoms with Gasteiger partial charge in [-0.05, 0) is 81.9 Å². The number of alkyl halides is 3. The molecule has 4 nitrogen and oxygen atoms in total. The molecule has 30 heavy (non-hydrogen) atoms. The van der Waals surface area contributed by atoms with Gasteiger partial charge in [0.15, 0.2) is 5.60 Å². The van der Waals surface area contributed by atoms with Crippen molar-refractivity contribution in [2.75, 3.05) is 0 Å². The van der Waals surface area contributed by atoms with Crippen molar-refractivity contribution >= 4 is 5.91 Å². The first-order valence-corrected chi connectivity index (χ1v) is 10.7. The van der Waals surface area contributed by atoms with Crippen LogP contribution in [-0.2, 0) is 5.60 Å². The maximum Gasteiger partial charge on any atom is 0.421 e. The summed E-state index contributed by atoms with van der Waals surface area (Å²) in [6, 6.07) is 7.92. The smallest absolute Gasteiger partial charge is 0.376 e. The van der Waals surface area contributed by atoms with E-state index in [1.54, 1.807) is 0 Å². The summed E-state index contributed by atoms with van der Waals surface area (Å²) in [5.74, 6) is 0.332. The predicted octanol–water partition coefficient (Wildman–Crippen LogP) is 4.92. The maximum atomic E-state index is 13.2. The van der Waals surface area contributed by atoms with E-state index >= 15 is 0 Å². The Balaban J connectivity index is 1.49. The summed E-state index contributed by atoms with van der Waals surface area (Å²) in [7, 11) is 0. The van der Waals surface area contributed by atoms with Crippen molar-refractivity contribution in [3.63, 3.8) is 0 Å². The van der Waals surface area contributed by atoms with E-state index in [-0.39, 0.29) is 29.0 Å². The summed E-state index contributed by atoms with van der Waals surface area (Å²) < 4.78 is 39.2. The highest BCUT2D eigenvalue weighted by Gasteiger charge is 2.52. The fourth-order valence-corrected chi connectivity index (χ4v) is 4.88. The molecule has 3 saturated carbocycles. The van der Waals surface area contributed by atoms with Gasteiger partial charge in [-0.3, -0.25) is 4.79 Å². The van der Waals surface area contributed by atoms with Gasteiger partial charge in [0.05, 0.1) is 11.5 Å². The highest BCUT2D eigenvalue weighted by atomic mass is 19.4. The SMILES string of the molecule is C[C@](O)(c1ccc(C(=O)N(C2CC2)[C@H]2CC[C@](C#N)(C3CC3)CC2)cc1)C(F)(F)F. The molecule has 0 saturated heterocycles. The molecule has 162 valence electrons. The fraction of sp³-hybridized carbons (Fsp3) is 0.652. The number of nitriles is 1. The van der Waals surface area contributed by atoms with Gasteiger partial charge in [0.1, 0.15) is 0 Å². The van der Waals surface area contributed by atoms with Gasteiger partial charge in [0.2, 0.25) is 0 Å². The van der Waals surface area contributed by atoms with E-state index in [0.29, 0.717) is 18.4 Å². The Morgan fingerprint density at radius 1 is 1.07 bits per heavy atom. The highest BCUT2D eigenvalue weighted by molar-refractivity contribution is 5.95. The van der Waals surface area contributed by atoms with E-state index in [1.165, 1.54) is 24.3 Å². The lowest BCUT2D eigenvalue weighted by atomic mass is 9.70. The molecule has 0 radical (unpaired) electrons. The van der Waals surface area contributed by atoms with Gasteiger partial charge in [-0.1, -0.05) is 12.1 Å². The molecule has 0 aliphatic heterocycles. The Bertz CT molecular complexity index is 841. The summed E-state index contributed by atoms with van der Waals surface area (Å²) in [5.41, 5.74) is -3.15. The minimum absolute atomic E-state index is 0.0724. The first-order valence-electron chi connectivity index (χ1n) is 10.7. The number of rotatable bonds is 5. The van der Waals surface area contributed by atoms with Crippen LogP contribution in [-0.4, -0.2) is 34.2 Å². The summed E-state index contributed by atoms with van der Waals surface area (Å²) in [6.45, 7) is 0.712. The zero-order valence-electron chi connectivity index (χ0n) is 17.1. The van der Waals surface area contributed by atoms with Crippen molar-refractivity contribution in [2.45, 2.75) is 82.2 Å². The van der Waals surface area contributed by atoms with Gasteiger partial charge < -0.3 is 10.0 Å². The van der Waals surface area contributed by atoms with Crippen LogP contribution in [0.3, 0.4) is 0 Å². The minimum Gasteiger partial charge on any atom is -0.376 e. The molecule has 0 unspecified atom stereocenters. The van der Waals surface area contributed by atoms with Crippen LogP contribution in [0.5, 0.6) is 0 Å². The second-order valence-electron chi connectivity index (χ2n) is 9.36. The minimum atomic E-state index is -4.80. The third-order valence-corrected chi connectivity index (χ3v) is 7.24. The topological polar surface area (TPSA) is 64.3 Å². The van der Waals surface area contributed by atoms with Crippen molar-refractivity contribution < 1.29 is 23.1 Å². The third kappa shape index (κ3) is 3.71. The number of hydrogen-bond acceptors (Lipinski definition) is 3. The Kier molecular flexibility index (Phi) is 5.13. The molecular weight excluding hydrogens is 393 g/mol. The summed E-state index contributed by atoms with van der Waals surface area (Å²) >= 11 is 0. The Hall–Kier alpha value is -2.07. The Morgan fingerprint density at radius 3 is 2.03 bits per heavy atom. The molecule has 1 atom stereocenters. The molecule has 0 bridgehead atoms. The van der Waals surface area contributed by atoms with E-state index < -0.39 is 11.8 Å². The van der Waals surface area contributed by atoms with Crippen LogP contribution >= 0.6 is 0 Å². The van der Waals surface area contributed by atoms with Crippen LogP contribution in [0.1, 0.15) is 74.2 Å². The number of benzene rings is 1. The molecule has 0 aromatic heterocycles. The van der Waals surface area contributed by atoms with Crippen LogP contribution in [0.2, 0.25) is 0 Å². The number of amides is 1. The van der Waals surface area contributed by atoms with E-state index in [1.807, 2.05) is 4.90 Å². The summed E-state index contributed by atoms with van der Waals surface area (Å²) in [5, 5.41) is 19.5. The van der Waals surface area contributed by atoms with Gasteiger partial charge in [0, 0.05) is 17.6 Å². The monoisotopic (exact) mass is 420 g/mol. The van der Waals surface area contributed by atoms with E-state index in [0.717, 1.165) is 51.4 Å². The quantitative estimate of drug-likeness (QED) is 0.735. The average molecular weight is 420 g/mol. The number of carbonyl (C=O) groups excluding carboxylic acids is 1. The molecule has 0 spiro atoms.